The normalized spacial score (nSPS) is 20.0. The van der Waals surface area contributed by atoms with Gasteiger partial charge in [-0.3, -0.25) is 4.79 Å². The molecule has 7 heteroatoms. The monoisotopic (exact) mass is 237 g/mol. The SMILES string of the molecule is COc1cc(N2CCNC(=O)C2C)nc(N)n1. The summed E-state index contributed by atoms with van der Waals surface area (Å²) < 4.78 is 5.03. The molecule has 0 radical (unpaired) electrons. The van der Waals surface area contributed by atoms with E-state index in [1.807, 2.05) is 11.8 Å². The molecule has 92 valence electrons. The average molecular weight is 237 g/mol. The van der Waals surface area contributed by atoms with Crippen molar-refractivity contribution in [1.29, 1.82) is 0 Å². The zero-order chi connectivity index (χ0) is 12.4. The van der Waals surface area contributed by atoms with Crippen LogP contribution in [0.4, 0.5) is 11.8 Å². The number of anilines is 2. The van der Waals surface area contributed by atoms with Crippen LogP contribution in [0.5, 0.6) is 5.88 Å². The molecule has 1 aromatic rings. The lowest BCUT2D eigenvalue weighted by molar-refractivity contribution is -0.122. The first kappa shape index (κ1) is 11.4. The van der Waals surface area contributed by atoms with Crippen LogP contribution >= 0.6 is 0 Å². The van der Waals surface area contributed by atoms with E-state index in [4.69, 9.17) is 10.5 Å². The van der Waals surface area contributed by atoms with Crippen LogP contribution in [-0.2, 0) is 4.79 Å². The van der Waals surface area contributed by atoms with Gasteiger partial charge in [0.25, 0.3) is 0 Å². The third-order valence-corrected chi connectivity index (χ3v) is 2.71. The number of hydrogen-bond donors (Lipinski definition) is 2. The molecule has 0 aromatic carbocycles. The Morgan fingerprint density at radius 1 is 1.59 bits per heavy atom. The Labute approximate surface area is 99.0 Å². The number of nitrogen functional groups attached to an aromatic ring is 1. The maximum absolute atomic E-state index is 11.6. The van der Waals surface area contributed by atoms with Crippen LogP contribution in [0.1, 0.15) is 6.92 Å². The number of methoxy groups -OCH3 is 1. The first-order chi connectivity index (χ1) is 8.11. The molecule has 0 saturated carbocycles. The van der Waals surface area contributed by atoms with Crippen molar-refractivity contribution in [1.82, 2.24) is 15.3 Å². The molecular formula is C10H15N5O2. The molecule has 1 unspecified atom stereocenters. The number of piperazine rings is 1. The van der Waals surface area contributed by atoms with Crippen LogP contribution in [0.25, 0.3) is 0 Å². The Morgan fingerprint density at radius 3 is 3.06 bits per heavy atom. The molecular weight excluding hydrogens is 222 g/mol. The fourth-order valence-electron chi connectivity index (χ4n) is 1.78. The smallest absolute Gasteiger partial charge is 0.242 e. The number of carbonyl (C=O) groups is 1. The summed E-state index contributed by atoms with van der Waals surface area (Å²) in [7, 11) is 1.51. The second-order valence-corrected chi connectivity index (χ2v) is 3.79. The highest BCUT2D eigenvalue weighted by molar-refractivity contribution is 5.85. The van der Waals surface area contributed by atoms with E-state index in [0.29, 0.717) is 24.8 Å². The Balaban J connectivity index is 2.32. The van der Waals surface area contributed by atoms with E-state index in [0.717, 1.165) is 0 Å². The molecule has 0 bridgehead atoms. The molecule has 1 aromatic heterocycles. The fourth-order valence-corrected chi connectivity index (χ4v) is 1.78. The number of nitrogens with two attached hydrogens (primary N) is 1. The van der Waals surface area contributed by atoms with Crippen LogP contribution in [0.3, 0.4) is 0 Å². The van der Waals surface area contributed by atoms with Crippen molar-refractivity contribution in [2.75, 3.05) is 30.8 Å². The van der Waals surface area contributed by atoms with Crippen molar-refractivity contribution in [2.24, 2.45) is 0 Å². The highest BCUT2D eigenvalue weighted by atomic mass is 16.5. The van der Waals surface area contributed by atoms with Gasteiger partial charge in [-0.25, -0.2) is 0 Å². The van der Waals surface area contributed by atoms with Crippen LogP contribution in [0.15, 0.2) is 6.07 Å². The minimum absolute atomic E-state index is 0.0209. The third kappa shape index (κ3) is 2.22. The molecule has 7 nitrogen and oxygen atoms in total. The van der Waals surface area contributed by atoms with Crippen molar-refractivity contribution in [3.63, 3.8) is 0 Å². The molecule has 2 rings (SSSR count). The molecule has 17 heavy (non-hydrogen) atoms. The number of carbonyl (C=O) groups excluding carboxylic acids is 1. The molecule has 0 spiro atoms. The Morgan fingerprint density at radius 2 is 2.35 bits per heavy atom. The number of amides is 1. The molecule has 1 aliphatic rings. The summed E-state index contributed by atoms with van der Waals surface area (Å²) in [5, 5.41) is 2.79. The van der Waals surface area contributed by atoms with E-state index in [9.17, 15) is 4.79 Å². The summed E-state index contributed by atoms with van der Waals surface area (Å²) in [5.74, 6) is 1.12. The first-order valence-electron chi connectivity index (χ1n) is 5.34. The zero-order valence-corrected chi connectivity index (χ0v) is 9.80. The highest BCUT2D eigenvalue weighted by Crippen LogP contribution is 2.21. The summed E-state index contributed by atoms with van der Waals surface area (Å²) in [6.45, 7) is 3.10. The van der Waals surface area contributed by atoms with Crippen molar-refractivity contribution in [3.05, 3.63) is 6.07 Å². The van der Waals surface area contributed by atoms with Gasteiger partial charge in [0.2, 0.25) is 17.7 Å². The van der Waals surface area contributed by atoms with Crippen molar-refractivity contribution in [3.8, 4) is 5.88 Å². The van der Waals surface area contributed by atoms with Gasteiger partial charge in [0, 0.05) is 19.2 Å². The van der Waals surface area contributed by atoms with E-state index in [-0.39, 0.29) is 17.9 Å². The summed E-state index contributed by atoms with van der Waals surface area (Å²) >= 11 is 0. The second kappa shape index (κ2) is 4.44. The summed E-state index contributed by atoms with van der Waals surface area (Å²) in [6.07, 6.45) is 0. The Bertz CT molecular complexity index is 437. The van der Waals surface area contributed by atoms with E-state index in [1.54, 1.807) is 6.07 Å². The fraction of sp³-hybridized carbons (Fsp3) is 0.500. The van der Waals surface area contributed by atoms with Gasteiger partial charge in [-0.05, 0) is 6.92 Å². The maximum atomic E-state index is 11.6. The molecule has 1 aliphatic heterocycles. The summed E-state index contributed by atoms with van der Waals surface area (Å²) in [5.41, 5.74) is 5.59. The number of nitrogens with zero attached hydrogens (tertiary/aromatic N) is 3. The topological polar surface area (TPSA) is 93.4 Å². The van der Waals surface area contributed by atoms with E-state index in [2.05, 4.69) is 15.3 Å². The first-order valence-corrected chi connectivity index (χ1v) is 5.34. The van der Waals surface area contributed by atoms with Crippen molar-refractivity contribution >= 4 is 17.7 Å². The van der Waals surface area contributed by atoms with Gasteiger partial charge in [0.15, 0.2) is 0 Å². The molecule has 1 atom stereocenters. The van der Waals surface area contributed by atoms with Gasteiger partial charge >= 0.3 is 0 Å². The molecule has 1 amide bonds. The number of hydrogen-bond acceptors (Lipinski definition) is 6. The molecule has 3 N–H and O–H groups in total. The number of aromatic nitrogens is 2. The minimum Gasteiger partial charge on any atom is -0.481 e. The molecule has 0 aliphatic carbocycles. The lowest BCUT2D eigenvalue weighted by Gasteiger charge is -2.33. The number of ether oxygens (including phenoxy) is 1. The van der Waals surface area contributed by atoms with Crippen LogP contribution in [0, 0.1) is 0 Å². The predicted molar refractivity (Wildman–Crippen MR) is 62.8 cm³/mol. The van der Waals surface area contributed by atoms with E-state index in [1.165, 1.54) is 7.11 Å². The Hall–Kier alpha value is -2.05. The second-order valence-electron chi connectivity index (χ2n) is 3.79. The minimum atomic E-state index is -0.275. The van der Waals surface area contributed by atoms with Gasteiger partial charge in [-0.15, -0.1) is 0 Å². The van der Waals surface area contributed by atoms with Crippen molar-refractivity contribution < 1.29 is 9.53 Å². The quantitative estimate of drug-likeness (QED) is 0.713. The van der Waals surface area contributed by atoms with E-state index >= 15 is 0 Å². The van der Waals surface area contributed by atoms with Crippen LogP contribution in [0.2, 0.25) is 0 Å². The third-order valence-electron chi connectivity index (χ3n) is 2.71. The highest BCUT2D eigenvalue weighted by Gasteiger charge is 2.27. The van der Waals surface area contributed by atoms with Gasteiger partial charge < -0.3 is 20.7 Å². The summed E-state index contributed by atoms with van der Waals surface area (Å²) in [4.78, 5) is 21.5. The van der Waals surface area contributed by atoms with Gasteiger partial charge in [0.1, 0.15) is 11.9 Å². The van der Waals surface area contributed by atoms with Gasteiger partial charge in [-0.2, -0.15) is 9.97 Å². The van der Waals surface area contributed by atoms with Gasteiger partial charge in [0.05, 0.1) is 7.11 Å². The Kier molecular flexibility index (Phi) is 2.99. The van der Waals surface area contributed by atoms with Crippen LogP contribution in [-0.4, -0.2) is 42.1 Å². The van der Waals surface area contributed by atoms with Crippen molar-refractivity contribution in [2.45, 2.75) is 13.0 Å². The standard InChI is InChI=1S/C10H15N5O2/c1-6-9(16)12-3-4-15(6)7-5-8(17-2)14-10(11)13-7/h5-6H,3-4H2,1-2H3,(H,12,16)(H2,11,13,14). The largest absolute Gasteiger partial charge is 0.481 e. The number of nitrogens with one attached hydrogen (secondary N) is 1. The van der Waals surface area contributed by atoms with Crippen LogP contribution < -0.4 is 20.7 Å². The maximum Gasteiger partial charge on any atom is 0.242 e. The zero-order valence-electron chi connectivity index (χ0n) is 9.80. The summed E-state index contributed by atoms with van der Waals surface area (Å²) in [6, 6.07) is 1.40. The predicted octanol–water partition coefficient (Wildman–Crippen LogP) is -0.608. The number of rotatable bonds is 2. The van der Waals surface area contributed by atoms with E-state index < -0.39 is 0 Å². The van der Waals surface area contributed by atoms with Gasteiger partial charge in [-0.1, -0.05) is 0 Å². The molecule has 2 heterocycles. The lowest BCUT2D eigenvalue weighted by atomic mass is 10.2. The lowest BCUT2D eigenvalue weighted by Crippen LogP contribution is -2.54. The molecule has 1 saturated heterocycles. The average Bonchev–Trinajstić information content (AvgIpc) is 2.31. The molecule has 1 fully saturated rings.